The number of aromatic nitrogens is 3. The minimum atomic E-state index is -4.59. The Morgan fingerprint density at radius 2 is 2.12 bits per heavy atom. The van der Waals surface area contributed by atoms with Gasteiger partial charge in [-0.1, -0.05) is 0 Å². The van der Waals surface area contributed by atoms with Crippen molar-refractivity contribution in [1.29, 1.82) is 0 Å². The molecular formula is C15H11F3N4O3. The van der Waals surface area contributed by atoms with Gasteiger partial charge in [-0.2, -0.15) is 13.2 Å². The van der Waals surface area contributed by atoms with Crippen LogP contribution in [0.3, 0.4) is 0 Å². The van der Waals surface area contributed by atoms with Crippen LogP contribution in [-0.4, -0.2) is 39.5 Å². The Labute approximate surface area is 138 Å². The number of carbonyl (C=O) groups excluding carboxylic acids is 1. The molecule has 3 aromatic heterocycles. The minimum absolute atomic E-state index is 0.00577. The lowest BCUT2D eigenvalue weighted by atomic mass is 10.1. The summed E-state index contributed by atoms with van der Waals surface area (Å²) in [5.74, 6) is -0.398. The van der Waals surface area contributed by atoms with Crippen LogP contribution < -0.4 is 5.32 Å². The van der Waals surface area contributed by atoms with E-state index in [0.29, 0.717) is 13.2 Å². The summed E-state index contributed by atoms with van der Waals surface area (Å²) in [4.78, 5) is 20.1. The molecule has 0 aromatic carbocycles. The Bertz CT molecular complexity index is 930. The van der Waals surface area contributed by atoms with Crippen molar-refractivity contribution < 1.29 is 27.1 Å². The second-order valence-electron chi connectivity index (χ2n) is 5.55. The van der Waals surface area contributed by atoms with Gasteiger partial charge in [0.1, 0.15) is 11.3 Å². The third-order valence-electron chi connectivity index (χ3n) is 3.84. The van der Waals surface area contributed by atoms with E-state index in [0.717, 1.165) is 23.1 Å². The minimum Gasteiger partial charge on any atom is -0.443 e. The quantitative estimate of drug-likeness (QED) is 0.781. The zero-order valence-corrected chi connectivity index (χ0v) is 12.6. The molecule has 4 heterocycles. The molecule has 0 bridgehead atoms. The molecule has 0 aliphatic carbocycles. The maximum Gasteiger partial charge on any atom is 0.417 e. The molecule has 0 saturated carbocycles. The van der Waals surface area contributed by atoms with Gasteiger partial charge in [-0.15, -0.1) is 0 Å². The highest BCUT2D eigenvalue weighted by Gasteiger charge is 2.33. The number of hydrogen-bond acceptors (Lipinski definition) is 5. The van der Waals surface area contributed by atoms with Crippen molar-refractivity contribution >= 4 is 11.6 Å². The highest BCUT2D eigenvalue weighted by molar-refractivity contribution is 5.94. The lowest BCUT2D eigenvalue weighted by molar-refractivity contribution is -0.137. The van der Waals surface area contributed by atoms with E-state index in [1.54, 1.807) is 0 Å². The van der Waals surface area contributed by atoms with Crippen LogP contribution in [0.2, 0.25) is 0 Å². The van der Waals surface area contributed by atoms with E-state index in [2.05, 4.69) is 15.3 Å². The number of pyridine rings is 1. The number of halogens is 3. The first-order chi connectivity index (χ1) is 11.9. The van der Waals surface area contributed by atoms with Crippen LogP contribution in [0.25, 0.3) is 17.0 Å². The highest BCUT2D eigenvalue weighted by atomic mass is 19.4. The van der Waals surface area contributed by atoms with Gasteiger partial charge >= 0.3 is 6.18 Å². The number of ether oxygens (including phenoxy) is 1. The van der Waals surface area contributed by atoms with E-state index in [4.69, 9.17) is 9.15 Å². The van der Waals surface area contributed by atoms with E-state index in [1.165, 1.54) is 12.4 Å². The summed E-state index contributed by atoms with van der Waals surface area (Å²) in [5, 5.41) is 2.68. The first-order valence-electron chi connectivity index (χ1n) is 7.29. The van der Waals surface area contributed by atoms with Gasteiger partial charge in [0.2, 0.25) is 0 Å². The standard InChI is InChI=1S/C15H11F3N4O3/c16-15(17,18)8-1-10(12-3-19-7-25-12)13-20-2-11(22(13)4-8)14(23)21-9-5-24-6-9/h1-4,7,9H,5-6H2,(H,21,23). The number of alkyl halides is 3. The van der Waals surface area contributed by atoms with Gasteiger partial charge in [0.15, 0.2) is 12.2 Å². The smallest absolute Gasteiger partial charge is 0.417 e. The van der Waals surface area contributed by atoms with Crippen molar-refractivity contribution in [3.05, 3.63) is 42.3 Å². The number of carbonyl (C=O) groups is 1. The summed E-state index contributed by atoms with van der Waals surface area (Å²) < 4.78 is 50.9. The predicted octanol–water partition coefficient (Wildman–Crippen LogP) is 2.14. The Morgan fingerprint density at radius 1 is 1.32 bits per heavy atom. The van der Waals surface area contributed by atoms with E-state index in [9.17, 15) is 18.0 Å². The van der Waals surface area contributed by atoms with Crippen LogP contribution in [-0.2, 0) is 10.9 Å². The molecule has 4 rings (SSSR count). The topological polar surface area (TPSA) is 81.7 Å². The van der Waals surface area contributed by atoms with Gasteiger partial charge in [0, 0.05) is 6.20 Å². The van der Waals surface area contributed by atoms with Crippen molar-refractivity contribution in [2.45, 2.75) is 12.2 Å². The molecule has 1 amide bonds. The molecule has 25 heavy (non-hydrogen) atoms. The third kappa shape index (κ3) is 2.74. The van der Waals surface area contributed by atoms with Crippen molar-refractivity contribution in [2.24, 2.45) is 0 Å². The van der Waals surface area contributed by atoms with Gasteiger partial charge in [-0.05, 0) is 6.07 Å². The molecule has 1 aliphatic heterocycles. The lowest BCUT2D eigenvalue weighted by Crippen LogP contribution is -2.48. The van der Waals surface area contributed by atoms with Crippen LogP contribution in [0.15, 0.2) is 35.5 Å². The van der Waals surface area contributed by atoms with Crippen LogP contribution in [0.4, 0.5) is 13.2 Å². The van der Waals surface area contributed by atoms with Gasteiger partial charge in [-0.25, -0.2) is 9.97 Å². The molecule has 0 radical (unpaired) electrons. The number of imidazole rings is 1. The van der Waals surface area contributed by atoms with Crippen LogP contribution in [0.5, 0.6) is 0 Å². The first kappa shape index (κ1) is 15.6. The molecule has 0 unspecified atom stereocenters. The number of nitrogens with one attached hydrogen (secondary N) is 1. The lowest BCUT2D eigenvalue weighted by Gasteiger charge is -2.26. The summed E-state index contributed by atoms with van der Waals surface area (Å²) in [6.45, 7) is 0.749. The number of hydrogen-bond donors (Lipinski definition) is 1. The molecule has 1 aliphatic rings. The molecule has 130 valence electrons. The van der Waals surface area contributed by atoms with E-state index < -0.39 is 17.6 Å². The van der Waals surface area contributed by atoms with E-state index in [1.807, 2.05) is 0 Å². The molecule has 1 fully saturated rings. The number of amides is 1. The molecule has 10 heteroatoms. The van der Waals surface area contributed by atoms with E-state index >= 15 is 0 Å². The van der Waals surface area contributed by atoms with Gasteiger partial charge < -0.3 is 14.5 Å². The number of fused-ring (bicyclic) bond motifs is 1. The maximum absolute atomic E-state index is 13.3. The monoisotopic (exact) mass is 352 g/mol. The molecule has 1 N–H and O–H groups in total. The molecule has 3 aromatic rings. The fraction of sp³-hybridized carbons (Fsp3) is 0.267. The zero-order valence-electron chi connectivity index (χ0n) is 12.6. The average Bonchev–Trinajstić information content (AvgIpc) is 3.17. The number of rotatable bonds is 3. The highest BCUT2D eigenvalue weighted by Crippen LogP contribution is 2.34. The number of oxazole rings is 1. The van der Waals surface area contributed by atoms with E-state index in [-0.39, 0.29) is 28.7 Å². The van der Waals surface area contributed by atoms with Crippen molar-refractivity contribution in [3.63, 3.8) is 0 Å². The van der Waals surface area contributed by atoms with Gasteiger partial charge in [0.25, 0.3) is 5.91 Å². The van der Waals surface area contributed by atoms with Crippen molar-refractivity contribution in [2.75, 3.05) is 13.2 Å². The maximum atomic E-state index is 13.3. The Balaban J connectivity index is 1.86. The molecule has 7 nitrogen and oxygen atoms in total. The second kappa shape index (κ2) is 5.59. The summed E-state index contributed by atoms with van der Waals surface area (Å²) in [6.07, 6.45) is -0.129. The van der Waals surface area contributed by atoms with Gasteiger partial charge in [-0.3, -0.25) is 9.20 Å². The normalized spacial score (nSPS) is 15.3. The average molecular weight is 352 g/mol. The SMILES string of the molecule is O=C(NC1COC1)c1cnc2c(-c3cnco3)cc(C(F)(F)F)cn12. The van der Waals surface area contributed by atoms with Crippen LogP contribution in [0.1, 0.15) is 16.1 Å². The summed E-state index contributed by atoms with van der Waals surface area (Å²) in [6, 6.07) is 0.766. The summed E-state index contributed by atoms with van der Waals surface area (Å²) in [5.41, 5.74) is -0.669. The van der Waals surface area contributed by atoms with Crippen LogP contribution >= 0.6 is 0 Å². The van der Waals surface area contributed by atoms with Crippen molar-refractivity contribution in [3.8, 4) is 11.3 Å². The van der Waals surface area contributed by atoms with Gasteiger partial charge in [0.05, 0.1) is 42.8 Å². The summed E-state index contributed by atoms with van der Waals surface area (Å²) >= 11 is 0. The fourth-order valence-corrected chi connectivity index (χ4v) is 2.52. The molecular weight excluding hydrogens is 341 g/mol. The Morgan fingerprint density at radius 3 is 2.72 bits per heavy atom. The Kier molecular flexibility index (Phi) is 3.49. The summed E-state index contributed by atoms with van der Waals surface area (Å²) in [7, 11) is 0. The predicted molar refractivity (Wildman–Crippen MR) is 77.8 cm³/mol. The third-order valence-corrected chi connectivity index (χ3v) is 3.84. The second-order valence-corrected chi connectivity index (χ2v) is 5.55. The first-order valence-corrected chi connectivity index (χ1v) is 7.29. The molecule has 0 atom stereocenters. The largest absolute Gasteiger partial charge is 0.443 e. The van der Waals surface area contributed by atoms with Crippen molar-refractivity contribution in [1.82, 2.24) is 19.7 Å². The zero-order chi connectivity index (χ0) is 17.6. The number of nitrogens with zero attached hydrogens (tertiary/aromatic N) is 3. The molecule has 1 saturated heterocycles. The Hall–Kier alpha value is -2.88. The molecule has 0 spiro atoms. The fourth-order valence-electron chi connectivity index (χ4n) is 2.52. The van der Waals surface area contributed by atoms with Crippen LogP contribution in [0, 0.1) is 0 Å².